The van der Waals surface area contributed by atoms with Crippen molar-refractivity contribution in [2.45, 2.75) is 66.2 Å². The molecule has 0 radical (unpaired) electrons. The van der Waals surface area contributed by atoms with Crippen molar-refractivity contribution < 1.29 is 0 Å². The van der Waals surface area contributed by atoms with E-state index >= 15 is 0 Å². The van der Waals surface area contributed by atoms with Gasteiger partial charge in [0.2, 0.25) is 0 Å². The lowest BCUT2D eigenvalue weighted by atomic mass is 9.74. The fraction of sp³-hybridized carbons (Fsp3) is 1.00. The van der Waals surface area contributed by atoms with Gasteiger partial charge < -0.3 is 0 Å². The Morgan fingerprint density at radius 2 is 1.79 bits per heavy atom. The van der Waals surface area contributed by atoms with E-state index in [2.05, 4.69) is 27.7 Å². The summed E-state index contributed by atoms with van der Waals surface area (Å²) in [5, 5.41) is 0. The van der Waals surface area contributed by atoms with Gasteiger partial charge in [-0.3, -0.25) is 0 Å². The standard InChI is InChI=1S/C14H28/c1-5-13-8-6-7-9-14(11(2)3)10-12(13)4/h11-14H,5-10H2,1-4H3. The largest absolute Gasteiger partial charge is 0.0651 e. The van der Waals surface area contributed by atoms with Crippen molar-refractivity contribution >= 4 is 0 Å². The summed E-state index contributed by atoms with van der Waals surface area (Å²) in [4.78, 5) is 0. The lowest BCUT2D eigenvalue weighted by molar-refractivity contribution is 0.194. The quantitative estimate of drug-likeness (QED) is 0.590. The van der Waals surface area contributed by atoms with Crippen LogP contribution in [-0.2, 0) is 0 Å². The Bertz CT molecular complexity index is 148. The highest BCUT2D eigenvalue weighted by molar-refractivity contribution is 4.75. The molecule has 0 bridgehead atoms. The molecule has 84 valence electrons. The van der Waals surface area contributed by atoms with Crippen LogP contribution in [0.3, 0.4) is 0 Å². The molecule has 0 spiro atoms. The minimum absolute atomic E-state index is 0.896. The monoisotopic (exact) mass is 196 g/mol. The third-order valence-electron chi connectivity index (χ3n) is 4.35. The summed E-state index contributed by atoms with van der Waals surface area (Å²) in [5.74, 6) is 3.87. The van der Waals surface area contributed by atoms with E-state index in [1.165, 1.54) is 38.5 Å². The molecule has 0 aromatic carbocycles. The second kappa shape index (κ2) is 5.78. The molecule has 0 amide bonds. The molecule has 1 aliphatic rings. The molecule has 0 saturated heterocycles. The summed E-state index contributed by atoms with van der Waals surface area (Å²) >= 11 is 0. The van der Waals surface area contributed by atoms with Crippen molar-refractivity contribution in [2.24, 2.45) is 23.7 Å². The van der Waals surface area contributed by atoms with Crippen molar-refractivity contribution in [1.29, 1.82) is 0 Å². The number of rotatable bonds is 2. The fourth-order valence-electron chi connectivity index (χ4n) is 3.10. The topological polar surface area (TPSA) is 0 Å². The van der Waals surface area contributed by atoms with Crippen molar-refractivity contribution in [3.63, 3.8) is 0 Å². The number of hydrogen-bond acceptors (Lipinski definition) is 0. The zero-order valence-electron chi connectivity index (χ0n) is 10.6. The van der Waals surface area contributed by atoms with E-state index in [1.807, 2.05) is 0 Å². The van der Waals surface area contributed by atoms with E-state index in [1.54, 1.807) is 0 Å². The molecule has 14 heavy (non-hydrogen) atoms. The summed E-state index contributed by atoms with van der Waals surface area (Å²) in [5.41, 5.74) is 0. The van der Waals surface area contributed by atoms with Crippen LogP contribution in [0.1, 0.15) is 66.2 Å². The van der Waals surface area contributed by atoms with Crippen LogP contribution in [0.2, 0.25) is 0 Å². The van der Waals surface area contributed by atoms with Gasteiger partial charge in [0.15, 0.2) is 0 Å². The van der Waals surface area contributed by atoms with Crippen molar-refractivity contribution in [1.82, 2.24) is 0 Å². The number of hydrogen-bond donors (Lipinski definition) is 0. The van der Waals surface area contributed by atoms with Crippen LogP contribution in [0.5, 0.6) is 0 Å². The SMILES string of the molecule is CCC1CCCCC(C(C)C)CC1C. The molecule has 0 nitrogen and oxygen atoms in total. The zero-order chi connectivity index (χ0) is 10.6. The lowest BCUT2D eigenvalue weighted by Gasteiger charge is -2.32. The predicted octanol–water partition coefficient (Wildman–Crippen LogP) is 4.89. The van der Waals surface area contributed by atoms with Gasteiger partial charge in [-0.1, -0.05) is 59.8 Å². The molecule has 1 rings (SSSR count). The van der Waals surface area contributed by atoms with Crippen LogP contribution in [0.25, 0.3) is 0 Å². The van der Waals surface area contributed by atoms with Gasteiger partial charge in [-0.2, -0.15) is 0 Å². The molecular weight excluding hydrogens is 168 g/mol. The highest BCUT2D eigenvalue weighted by Crippen LogP contribution is 2.35. The maximum atomic E-state index is 2.48. The minimum atomic E-state index is 0.896. The first-order valence-corrected chi connectivity index (χ1v) is 6.65. The molecule has 1 fully saturated rings. The third kappa shape index (κ3) is 3.29. The van der Waals surface area contributed by atoms with Crippen LogP contribution >= 0.6 is 0 Å². The fourth-order valence-corrected chi connectivity index (χ4v) is 3.10. The van der Waals surface area contributed by atoms with Crippen LogP contribution < -0.4 is 0 Å². The van der Waals surface area contributed by atoms with E-state index in [0.29, 0.717) is 0 Å². The first kappa shape index (κ1) is 12.1. The van der Waals surface area contributed by atoms with Crippen molar-refractivity contribution in [3.05, 3.63) is 0 Å². The summed E-state index contributed by atoms with van der Waals surface area (Å²) < 4.78 is 0. The van der Waals surface area contributed by atoms with Gasteiger partial charge in [-0.15, -0.1) is 0 Å². The first-order valence-electron chi connectivity index (χ1n) is 6.65. The van der Waals surface area contributed by atoms with E-state index in [0.717, 1.165) is 23.7 Å². The molecule has 3 unspecified atom stereocenters. The average molecular weight is 196 g/mol. The van der Waals surface area contributed by atoms with E-state index in [9.17, 15) is 0 Å². The Labute approximate surface area is 90.5 Å². The molecule has 1 aliphatic carbocycles. The summed E-state index contributed by atoms with van der Waals surface area (Å²) in [6.45, 7) is 9.65. The summed E-state index contributed by atoms with van der Waals surface area (Å²) in [6, 6.07) is 0. The van der Waals surface area contributed by atoms with Crippen molar-refractivity contribution in [3.8, 4) is 0 Å². The van der Waals surface area contributed by atoms with E-state index in [4.69, 9.17) is 0 Å². The maximum Gasteiger partial charge on any atom is -0.0388 e. The second-order valence-electron chi connectivity index (χ2n) is 5.67. The average Bonchev–Trinajstić information content (AvgIpc) is 2.11. The third-order valence-corrected chi connectivity index (χ3v) is 4.35. The second-order valence-corrected chi connectivity index (χ2v) is 5.67. The Morgan fingerprint density at radius 1 is 1.14 bits per heavy atom. The molecule has 0 N–H and O–H groups in total. The predicted molar refractivity (Wildman–Crippen MR) is 64.4 cm³/mol. The first-order chi connectivity index (χ1) is 6.65. The van der Waals surface area contributed by atoms with Crippen LogP contribution in [-0.4, -0.2) is 0 Å². The molecule has 3 atom stereocenters. The summed E-state index contributed by atoms with van der Waals surface area (Å²) in [6.07, 6.45) is 8.81. The van der Waals surface area contributed by atoms with E-state index in [-0.39, 0.29) is 0 Å². The van der Waals surface area contributed by atoms with Gasteiger partial charge in [0, 0.05) is 0 Å². The van der Waals surface area contributed by atoms with Gasteiger partial charge in [0.05, 0.1) is 0 Å². The normalized spacial score (nSPS) is 35.4. The van der Waals surface area contributed by atoms with Gasteiger partial charge in [-0.25, -0.2) is 0 Å². The highest BCUT2D eigenvalue weighted by atomic mass is 14.3. The molecular formula is C14H28. The Hall–Kier alpha value is 0. The maximum absolute atomic E-state index is 2.48. The van der Waals surface area contributed by atoms with Gasteiger partial charge in [0.25, 0.3) is 0 Å². The molecule has 0 heterocycles. The Balaban J connectivity index is 2.51. The van der Waals surface area contributed by atoms with Gasteiger partial charge in [-0.05, 0) is 30.1 Å². The Morgan fingerprint density at radius 3 is 2.36 bits per heavy atom. The minimum Gasteiger partial charge on any atom is -0.0651 e. The van der Waals surface area contributed by atoms with Crippen LogP contribution in [0, 0.1) is 23.7 Å². The smallest absolute Gasteiger partial charge is 0.0388 e. The Kier molecular flexibility index (Phi) is 4.98. The van der Waals surface area contributed by atoms with E-state index < -0.39 is 0 Å². The summed E-state index contributed by atoms with van der Waals surface area (Å²) in [7, 11) is 0. The van der Waals surface area contributed by atoms with Gasteiger partial charge >= 0.3 is 0 Å². The molecule has 0 aliphatic heterocycles. The van der Waals surface area contributed by atoms with Gasteiger partial charge in [0.1, 0.15) is 0 Å². The highest BCUT2D eigenvalue weighted by Gasteiger charge is 2.23. The lowest BCUT2D eigenvalue weighted by Crippen LogP contribution is -2.21. The zero-order valence-corrected chi connectivity index (χ0v) is 10.6. The molecule has 1 saturated carbocycles. The van der Waals surface area contributed by atoms with Crippen LogP contribution in [0.4, 0.5) is 0 Å². The molecule has 0 aromatic rings. The molecule has 0 heteroatoms. The van der Waals surface area contributed by atoms with Crippen LogP contribution in [0.15, 0.2) is 0 Å². The molecule has 0 aromatic heterocycles. The van der Waals surface area contributed by atoms with Crippen molar-refractivity contribution in [2.75, 3.05) is 0 Å².